The Morgan fingerprint density at radius 3 is 2.16 bits per heavy atom. The fourth-order valence-electron chi connectivity index (χ4n) is 2.94. The Labute approximate surface area is 185 Å². The summed E-state index contributed by atoms with van der Waals surface area (Å²) < 4.78 is 79.4. The normalized spacial score (nSPS) is 13.9. The van der Waals surface area contributed by atoms with Crippen molar-refractivity contribution in [3.63, 3.8) is 0 Å². The van der Waals surface area contributed by atoms with E-state index in [2.05, 4.69) is 4.74 Å². The van der Waals surface area contributed by atoms with Gasteiger partial charge < -0.3 is 14.8 Å². The maximum atomic E-state index is 14.2. The van der Waals surface area contributed by atoms with Crippen LogP contribution in [0.2, 0.25) is 0 Å². The average molecular weight is 476 g/mol. The maximum Gasteiger partial charge on any atom is 0.473 e. The number of rotatable bonds is 10. The van der Waals surface area contributed by atoms with Gasteiger partial charge in [0.1, 0.15) is 5.75 Å². The minimum Gasteiger partial charge on any atom is -0.497 e. The molecule has 0 spiro atoms. The summed E-state index contributed by atoms with van der Waals surface area (Å²) in [6, 6.07) is 11.9. The number of hydrogen-bond acceptors (Lipinski definition) is 5. The number of halogens is 3. The number of methoxy groups -OCH3 is 1. The molecule has 1 atom stereocenters. The lowest BCUT2D eigenvalue weighted by Gasteiger charge is -2.31. The molecule has 32 heavy (non-hydrogen) atoms. The van der Waals surface area contributed by atoms with Gasteiger partial charge in [0.15, 0.2) is 0 Å². The lowest BCUT2D eigenvalue weighted by atomic mass is 10.1. The molecule has 0 bridgehead atoms. The number of aryl methyl sites for hydroxylation is 1. The first kappa shape index (κ1) is 25.6. The second kappa shape index (κ2) is 10.3. The zero-order valence-corrected chi connectivity index (χ0v) is 18.7. The molecule has 2 aromatic carbocycles. The third-order valence-electron chi connectivity index (χ3n) is 4.71. The van der Waals surface area contributed by atoms with Crippen molar-refractivity contribution in [1.29, 1.82) is 0 Å². The molecule has 0 unspecified atom stereocenters. The summed E-state index contributed by atoms with van der Waals surface area (Å²) >= 11 is 0. The first-order chi connectivity index (χ1) is 14.9. The van der Waals surface area contributed by atoms with Crippen LogP contribution in [0, 0.1) is 6.92 Å². The number of quaternary nitrogens is 1. The van der Waals surface area contributed by atoms with Gasteiger partial charge in [-0.25, -0.2) is 13.2 Å². The number of carbonyl (C=O) groups excluding carboxylic acids is 1. The van der Waals surface area contributed by atoms with Crippen molar-refractivity contribution in [2.75, 3.05) is 20.3 Å². The largest absolute Gasteiger partial charge is 0.497 e. The third kappa shape index (κ3) is 5.99. The van der Waals surface area contributed by atoms with Crippen molar-refractivity contribution >= 4 is 16.0 Å². The molecule has 0 aromatic heterocycles. The number of alkyl halides is 3. The van der Waals surface area contributed by atoms with Crippen LogP contribution >= 0.6 is 0 Å². The zero-order valence-electron chi connectivity index (χ0n) is 17.9. The fraction of sp³-hybridized carbons (Fsp3) is 0.381. The van der Waals surface area contributed by atoms with E-state index in [1.807, 2.05) is 0 Å². The van der Waals surface area contributed by atoms with Crippen LogP contribution in [0.5, 0.6) is 5.75 Å². The zero-order chi connectivity index (χ0) is 24.0. The lowest BCUT2D eigenvalue weighted by Crippen LogP contribution is -3.07. The van der Waals surface area contributed by atoms with Crippen LogP contribution in [0.15, 0.2) is 53.4 Å². The van der Waals surface area contributed by atoms with E-state index >= 15 is 0 Å². The van der Waals surface area contributed by atoms with Crippen LogP contribution in [0.4, 0.5) is 13.2 Å². The number of ether oxygens (including phenoxy) is 2. The highest BCUT2D eigenvalue weighted by Crippen LogP contribution is 2.28. The molecule has 0 aliphatic heterocycles. The Balaban J connectivity index is 2.36. The van der Waals surface area contributed by atoms with Crippen molar-refractivity contribution in [2.45, 2.75) is 37.0 Å². The molecule has 7 nitrogen and oxygen atoms in total. The molecule has 0 aliphatic carbocycles. The molecule has 2 rings (SSSR count). The highest BCUT2D eigenvalue weighted by molar-refractivity contribution is 7.89. The predicted octanol–water partition coefficient (Wildman–Crippen LogP) is 1.91. The summed E-state index contributed by atoms with van der Waals surface area (Å²) in [6.07, 6.45) is -5.15. The van der Waals surface area contributed by atoms with Crippen molar-refractivity contribution in [3.8, 4) is 5.75 Å². The topological polar surface area (TPSA) is 98.3 Å². The Morgan fingerprint density at radius 2 is 1.66 bits per heavy atom. The second-order valence-corrected chi connectivity index (χ2v) is 8.72. The first-order valence-electron chi connectivity index (χ1n) is 9.77. The van der Waals surface area contributed by atoms with Crippen LogP contribution < -0.4 is 14.8 Å². The van der Waals surface area contributed by atoms with Crippen LogP contribution in [-0.4, -0.2) is 46.5 Å². The molecule has 0 radical (unpaired) electrons. The number of sulfonamides is 1. The summed E-state index contributed by atoms with van der Waals surface area (Å²) in [6.45, 7) is 2.44. The van der Waals surface area contributed by atoms with Crippen molar-refractivity contribution in [2.24, 2.45) is 0 Å². The summed E-state index contributed by atoms with van der Waals surface area (Å²) in [5.41, 5.74) is -2.13. The summed E-state index contributed by atoms with van der Waals surface area (Å²) in [5.74, 6) is -1.15. The highest BCUT2D eigenvalue weighted by Gasteiger charge is 2.68. The molecule has 11 heteroatoms. The van der Waals surface area contributed by atoms with Crippen molar-refractivity contribution in [1.82, 2.24) is 4.72 Å². The summed E-state index contributed by atoms with van der Waals surface area (Å²) in [5, 5.41) is 0.612. The number of nitrogens with two attached hydrogens (primary N) is 1. The molecule has 3 N–H and O–H groups in total. The van der Waals surface area contributed by atoms with E-state index < -0.39 is 32.7 Å². The van der Waals surface area contributed by atoms with Crippen LogP contribution in [0.3, 0.4) is 0 Å². The van der Waals surface area contributed by atoms with Crippen molar-refractivity contribution < 1.29 is 41.2 Å². The molecule has 176 valence electrons. The number of carbonyl (C=O) groups is 1. The number of benzene rings is 2. The number of esters is 1. The van der Waals surface area contributed by atoms with E-state index in [1.165, 1.54) is 38.3 Å². The van der Waals surface area contributed by atoms with Gasteiger partial charge in [-0.15, -0.1) is 4.72 Å². The van der Waals surface area contributed by atoms with Gasteiger partial charge in [-0.1, -0.05) is 29.8 Å². The maximum absolute atomic E-state index is 14.2. The summed E-state index contributed by atoms with van der Waals surface area (Å²) in [7, 11) is -3.22. The van der Waals surface area contributed by atoms with E-state index in [9.17, 15) is 26.4 Å². The SMILES string of the molecule is CCOC(=O)[C@](NS(=O)(=O)c1ccc(C)cc1)([NH2+]CCc1ccc(OC)cc1)C(F)(F)F. The third-order valence-corrected chi connectivity index (χ3v) is 6.20. The summed E-state index contributed by atoms with van der Waals surface area (Å²) in [4.78, 5) is 12.1. The van der Waals surface area contributed by atoms with Gasteiger partial charge in [0.25, 0.3) is 0 Å². The van der Waals surface area contributed by atoms with E-state index in [1.54, 1.807) is 35.9 Å². The van der Waals surface area contributed by atoms with Gasteiger partial charge in [-0.2, -0.15) is 13.2 Å². The van der Waals surface area contributed by atoms with E-state index in [4.69, 9.17) is 4.74 Å². The van der Waals surface area contributed by atoms with Crippen LogP contribution in [-0.2, 0) is 26.0 Å². The second-order valence-electron chi connectivity index (χ2n) is 7.04. The average Bonchev–Trinajstić information content (AvgIpc) is 2.73. The van der Waals surface area contributed by atoms with Gasteiger partial charge in [0.2, 0.25) is 10.0 Å². The Morgan fingerprint density at radius 1 is 1.06 bits per heavy atom. The Hall–Kier alpha value is -2.63. The fourth-order valence-corrected chi connectivity index (χ4v) is 4.26. The van der Waals surface area contributed by atoms with E-state index in [0.717, 1.165) is 5.56 Å². The number of nitrogens with one attached hydrogen (secondary N) is 1. The quantitative estimate of drug-likeness (QED) is 0.404. The minimum absolute atomic E-state index is 0.132. The van der Waals surface area contributed by atoms with Crippen LogP contribution in [0.25, 0.3) is 0 Å². The van der Waals surface area contributed by atoms with E-state index in [-0.39, 0.29) is 19.6 Å². The molecule has 0 saturated carbocycles. The molecule has 0 heterocycles. The smallest absolute Gasteiger partial charge is 0.473 e. The molecular formula is C21H26F3N2O5S+. The Kier molecular flexibility index (Phi) is 8.27. The standard InChI is InChI=1S/C21H25F3N2O5S/c1-4-31-19(27)20(21(22,23)24,25-14-13-16-7-9-17(30-3)10-8-16)26-32(28,29)18-11-5-15(2)6-12-18/h5-12,25-26H,4,13-14H2,1-3H3/p+1/t20-/m1/s1. The predicted molar refractivity (Wildman–Crippen MR) is 110 cm³/mol. The van der Waals surface area contributed by atoms with Gasteiger partial charge in [-0.3, -0.25) is 0 Å². The van der Waals surface area contributed by atoms with Gasteiger partial charge in [-0.05, 0) is 43.7 Å². The van der Waals surface area contributed by atoms with Gasteiger partial charge in [0.05, 0.1) is 25.2 Å². The highest BCUT2D eigenvalue weighted by atomic mass is 32.2. The molecule has 0 aliphatic rings. The molecule has 0 saturated heterocycles. The minimum atomic E-state index is -5.28. The van der Waals surface area contributed by atoms with Gasteiger partial charge in [0, 0.05) is 6.42 Å². The van der Waals surface area contributed by atoms with Gasteiger partial charge >= 0.3 is 17.8 Å². The van der Waals surface area contributed by atoms with Crippen molar-refractivity contribution in [3.05, 3.63) is 59.7 Å². The Bertz CT molecular complexity index is 1010. The molecule has 0 amide bonds. The van der Waals surface area contributed by atoms with Crippen LogP contribution in [0.1, 0.15) is 18.1 Å². The lowest BCUT2D eigenvalue weighted by molar-refractivity contribution is -0.742. The first-order valence-corrected chi connectivity index (χ1v) is 11.3. The monoisotopic (exact) mass is 475 g/mol. The van der Waals surface area contributed by atoms with E-state index in [0.29, 0.717) is 16.6 Å². The molecule has 2 aromatic rings. The molecule has 0 fully saturated rings. The molecular weight excluding hydrogens is 449 g/mol. The number of hydrogen-bond donors (Lipinski definition) is 2.